The highest BCUT2D eigenvalue weighted by Gasteiger charge is 2.57. The summed E-state index contributed by atoms with van der Waals surface area (Å²) < 4.78 is 17.3. The Labute approximate surface area is 331 Å². The Hall–Kier alpha value is -5.83. The topological polar surface area (TPSA) is 309 Å². The van der Waals surface area contributed by atoms with Crippen molar-refractivity contribution in [1.82, 2.24) is 15.5 Å². The zero-order valence-electron chi connectivity index (χ0n) is 31.8. The van der Waals surface area contributed by atoms with Crippen LogP contribution in [0.15, 0.2) is 58.9 Å². The van der Waals surface area contributed by atoms with Crippen LogP contribution in [0.2, 0.25) is 0 Å². The van der Waals surface area contributed by atoms with Crippen molar-refractivity contribution in [1.29, 1.82) is 0 Å². The van der Waals surface area contributed by atoms with E-state index < -0.39 is 84.3 Å². The maximum Gasteiger partial charge on any atom is 0.253 e. The molecule has 19 heteroatoms. The summed E-state index contributed by atoms with van der Waals surface area (Å²) in [6, 6.07) is 3.12. The summed E-state index contributed by atoms with van der Waals surface area (Å²) >= 11 is 0. The lowest BCUT2D eigenvalue weighted by Crippen LogP contribution is -2.68. The van der Waals surface area contributed by atoms with E-state index in [-0.39, 0.29) is 77.2 Å². The first-order chi connectivity index (χ1) is 27.6. The van der Waals surface area contributed by atoms with Crippen molar-refractivity contribution in [3.63, 3.8) is 0 Å². The normalized spacial score (nSPS) is 25.4. The molecule has 0 aromatic heterocycles. The van der Waals surface area contributed by atoms with Gasteiger partial charge in [-0.25, -0.2) is 0 Å². The molecule has 4 aliphatic rings. The fourth-order valence-corrected chi connectivity index (χ4v) is 7.86. The molecule has 12 N–H and O–H groups in total. The van der Waals surface area contributed by atoms with Crippen LogP contribution in [0, 0.1) is 12.8 Å². The van der Waals surface area contributed by atoms with E-state index in [0.29, 0.717) is 11.1 Å². The molecule has 310 valence electrons. The van der Waals surface area contributed by atoms with Gasteiger partial charge >= 0.3 is 0 Å². The number of carbonyl (C=O) groups excluding carboxylic acids is 4. The van der Waals surface area contributed by atoms with Gasteiger partial charge in [0.05, 0.1) is 36.7 Å². The van der Waals surface area contributed by atoms with Crippen molar-refractivity contribution >= 4 is 29.3 Å². The van der Waals surface area contributed by atoms with Crippen molar-refractivity contribution in [3.05, 3.63) is 87.3 Å². The highest BCUT2D eigenvalue weighted by Crippen LogP contribution is 2.45. The molecule has 3 heterocycles. The van der Waals surface area contributed by atoms with Crippen molar-refractivity contribution in [2.24, 2.45) is 22.4 Å². The lowest BCUT2D eigenvalue weighted by atomic mass is 9.75. The van der Waals surface area contributed by atoms with Gasteiger partial charge in [0.25, 0.3) is 11.8 Å². The molecule has 2 aromatic carbocycles. The minimum Gasteiger partial charge on any atom is -0.507 e. The molecule has 0 spiro atoms. The number of phenolic OH excluding ortho intramolecular Hbond substituents is 1. The molecule has 7 unspecified atom stereocenters. The number of nitrogens with one attached hydrogen (secondary N) is 2. The summed E-state index contributed by atoms with van der Waals surface area (Å²) in [5, 5.41) is 73.0. The second-order valence-electron chi connectivity index (χ2n) is 14.3. The highest BCUT2D eigenvalue weighted by molar-refractivity contribution is 6.30. The minimum atomic E-state index is -2.43. The number of hydrogen-bond acceptors (Lipinski definition) is 16. The Bertz CT molecular complexity index is 2130. The van der Waals surface area contributed by atoms with Crippen LogP contribution in [0.5, 0.6) is 17.2 Å². The highest BCUT2D eigenvalue weighted by atomic mass is 16.7. The van der Waals surface area contributed by atoms with Gasteiger partial charge in [0, 0.05) is 67.6 Å². The van der Waals surface area contributed by atoms with Gasteiger partial charge in [0.2, 0.25) is 12.1 Å². The molecular weight excluding hydrogens is 760 g/mol. The average molecular weight is 807 g/mol. The number of ether oxygens (including phenoxy) is 3. The number of aliphatic hydroxyl groups excluding tert-OH is 4. The first kappa shape index (κ1) is 41.8. The number of guanidine groups is 1. The summed E-state index contributed by atoms with van der Waals surface area (Å²) in [6.07, 6.45) is -2.74. The van der Waals surface area contributed by atoms with Crippen LogP contribution < -0.4 is 31.6 Å². The lowest BCUT2D eigenvalue weighted by Gasteiger charge is -2.49. The van der Waals surface area contributed by atoms with Crippen LogP contribution in [0.4, 0.5) is 0 Å². The van der Waals surface area contributed by atoms with Crippen molar-refractivity contribution in [3.8, 4) is 17.2 Å². The standard InChI is InChI=1S/C39H46N6O13/c1-17-10-21-31(33(51)29(17)23(7-9-46)44-38(41)42-2)34(52)30-22(32(21)50)12-20(56-3)13-24(30)57-37-35(53)36(54)39(55,25(16-47)58-37)14-19(18-6-8-43-26(40)11-18)15-45-27(48)4-5-28(45)49/h4-6,10-13,19,23,25,35-37,43,46-47,51,53-55H,7-9,14-16,40H2,1-3H3,(H3,41,42,44). The van der Waals surface area contributed by atoms with E-state index in [4.69, 9.17) is 25.7 Å². The molecule has 6 rings (SSSR count). The molecule has 3 aliphatic heterocycles. The molecule has 19 nitrogen and oxygen atoms in total. The Morgan fingerprint density at radius 1 is 1.10 bits per heavy atom. The molecule has 2 amide bonds. The average Bonchev–Trinajstić information content (AvgIpc) is 3.51. The number of dihydropyridines is 1. The maximum absolute atomic E-state index is 14.4. The molecular formula is C39H46N6O13. The molecule has 7 atom stereocenters. The number of imide groups is 1. The molecule has 58 heavy (non-hydrogen) atoms. The van der Waals surface area contributed by atoms with Crippen LogP contribution in [0.3, 0.4) is 0 Å². The molecule has 1 aliphatic carbocycles. The smallest absolute Gasteiger partial charge is 0.253 e. The molecule has 0 saturated carbocycles. The van der Waals surface area contributed by atoms with Gasteiger partial charge in [-0.2, -0.15) is 0 Å². The Morgan fingerprint density at radius 2 is 1.79 bits per heavy atom. The number of phenols is 1. The Balaban J connectivity index is 1.35. The fourth-order valence-electron chi connectivity index (χ4n) is 7.86. The lowest BCUT2D eigenvalue weighted by molar-refractivity contribution is -0.316. The molecule has 1 saturated heterocycles. The third-order valence-corrected chi connectivity index (χ3v) is 10.8. The van der Waals surface area contributed by atoms with Crippen molar-refractivity contribution < 1.29 is 64.0 Å². The number of carbonyl (C=O) groups is 4. The third-order valence-electron chi connectivity index (χ3n) is 10.8. The SMILES string of the molecule is CN=C(N)NC(CCO)c1c(C)cc2c(c1O)C(=O)c1c(OC3OC(CO)C(O)(CC(CN4C(=O)C=CC4=O)C4=CCNC(N)=C4)C(O)C3O)cc(OC)cc1C2=O. The third kappa shape index (κ3) is 7.50. The number of rotatable bonds is 13. The van der Waals surface area contributed by atoms with E-state index in [1.54, 1.807) is 13.0 Å². The number of nitrogens with zero attached hydrogens (tertiary/aromatic N) is 2. The number of benzene rings is 2. The predicted molar refractivity (Wildman–Crippen MR) is 203 cm³/mol. The number of fused-ring (bicyclic) bond motifs is 2. The summed E-state index contributed by atoms with van der Waals surface area (Å²) in [4.78, 5) is 58.4. The Kier molecular flexibility index (Phi) is 11.9. The number of amides is 2. The molecule has 0 bridgehead atoms. The minimum absolute atomic E-state index is 0.0127. The van der Waals surface area contributed by atoms with Crippen LogP contribution in [0.25, 0.3) is 0 Å². The number of aromatic hydroxyl groups is 1. The first-order valence-corrected chi connectivity index (χ1v) is 18.3. The van der Waals surface area contributed by atoms with Crippen molar-refractivity contribution in [2.75, 3.05) is 40.5 Å². The van der Waals surface area contributed by atoms with Crippen LogP contribution in [-0.2, 0) is 14.3 Å². The number of allylic oxidation sites excluding steroid dienone is 1. The van der Waals surface area contributed by atoms with Gasteiger partial charge in [0.1, 0.15) is 41.2 Å². The largest absolute Gasteiger partial charge is 0.507 e. The van der Waals surface area contributed by atoms with Crippen molar-refractivity contribution in [2.45, 2.75) is 56.0 Å². The monoisotopic (exact) mass is 806 g/mol. The number of aliphatic hydroxyl groups is 5. The first-order valence-electron chi connectivity index (χ1n) is 18.3. The van der Waals surface area contributed by atoms with E-state index in [1.807, 2.05) is 0 Å². The fraction of sp³-hybridized carbons (Fsp3) is 0.410. The molecule has 1 fully saturated rings. The van der Waals surface area contributed by atoms with E-state index in [2.05, 4.69) is 15.6 Å². The number of methoxy groups -OCH3 is 1. The Morgan fingerprint density at radius 3 is 2.41 bits per heavy atom. The van der Waals surface area contributed by atoms with Crippen LogP contribution in [0.1, 0.15) is 61.9 Å². The molecule has 0 radical (unpaired) electrons. The summed E-state index contributed by atoms with van der Waals surface area (Å²) in [6.45, 7) is 0.351. The molecule has 2 aromatic rings. The zero-order chi connectivity index (χ0) is 42.2. The van der Waals surface area contributed by atoms with Crippen LogP contribution in [-0.4, -0.2) is 136 Å². The quantitative estimate of drug-likeness (QED) is 0.0520. The zero-order valence-corrected chi connectivity index (χ0v) is 31.8. The van der Waals surface area contributed by atoms with Gasteiger partial charge in [-0.05, 0) is 49.1 Å². The van der Waals surface area contributed by atoms with Gasteiger partial charge in [-0.15, -0.1) is 0 Å². The number of ketones is 2. The van der Waals surface area contributed by atoms with E-state index in [1.165, 1.54) is 38.4 Å². The van der Waals surface area contributed by atoms with E-state index >= 15 is 0 Å². The van der Waals surface area contributed by atoms with Gasteiger partial charge in [-0.1, -0.05) is 6.08 Å². The second-order valence-corrected chi connectivity index (χ2v) is 14.3. The van der Waals surface area contributed by atoms with E-state index in [9.17, 15) is 49.8 Å². The number of hydrogen-bond donors (Lipinski definition) is 10. The maximum atomic E-state index is 14.4. The van der Waals surface area contributed by atoms with Crippen LogP contribution >= 0.6 is 0 Å². The summed E-state index contributed by atoms with van der Waals surface area (Å²) in [5.41, 5.74) is 9.47. The van der Waals surface area contributed by atoms with Gasteiger partial charge in [-0.3, -0.25) is 29.1 Å². The van der Waals surface area contributed by atoms with Gasteiger partial charge < -0.3 is 67.0 Å². The van der Waals surface area contributed by atoms with E-state index in [0.717, 1.165) is 17.1 Å². The van der Waals surface area contributed by atoms with Gasteiger partial charge in [0.15, 0.2) is 11.7 Å². The number of aliphatic imine (C=N–C) groups is 1. The number of nitrogens with two attached hydrogens (primary N) is 2. The summed E-state index contributed by atoms with van der Waals surface area (Å²) in [5.74, 6) is -4.29. The number of aryl methyl sites for hydroxylation is 1. The predicted octanol–water partition coefficient (Wildman–Crippen LogP) is -1.75. The summed E-state index contributed by atoms with van der Waals surface area (Å²) in [7, 11) is 2.73. The second kappa shape index (κ2) is 16.6.